The van der Waals surface area contributed by atoms with Crippen LogP contribution in [0.1, 0.15) is 16.8 Å². The number of halogens is 3. The molecule has 0 aliphatic heterocycles. The predicted molar refractivity (Wildman–Crippen MR) is 64.8 cm³/mol. The highest BCUT2D eigenvalue weighted by Gasteiger charge is 2.29. The molecule has 0 unspecified atom stereocenters. The van der Waals surface area contributed by atoms with Crippen LogP contribution in [0.4, 0.5) is 13.2 Å². The third-order valence-corrected chi connectivity index (χ3v) is 2.57. The van der Waals surface area contributed by atoms with Crippen molar-refractivity contribution in [2.75, 3.05) is 0 Å². The minimum atomic E-state index is -4.31. The molecule has 0 spiro atoms. The molecule has 1 aromatic heterocycles. The van der Waals surface area contributed by atoms with E-state index >= 15 is 0 Å². The second-order valence-corrected chi connectivity index (χ2v) is 4.12. The van der Waals surface area contributed by atoms with Crippen LogP contribution in [0.25, 0.3) is 0 Å². The maximum Gasteiger partial charge on any atom is 0.416 e. The van der Waals surface area contributed by atoms with Crippen molar-refractivity contribution >= 4 is 0 Å². The van der Waals surface area contributed by atoms with Gasteiger partial charge < -0.3 is 4.74 Å². The fourth-order valence-electron chi connectivity index (χ4n) is 1.50. The minimum Gasteiger partial charge on any atom is -0.487 e. The molecule has 0 aliphatic carbocycles. The van der Waals surface area contributed by atoms with E-state index in [2.05, 4.69) is 4.98 Å². The zero-order chi connectivity index (χ0) is 13.9. The van der Waals surface area contributed by atoms with Crippen molar-refractivity contribution in [3.05, 3.63) is 59.4 Å². The number of aryl methyl sites for hydroxylation is 1. The van der Waals surface area contributed by atoms with Crippen LogP contribution in [0.3, 0.4) is 0 Å². The van der Waals surface area contributed by atoms with Crippen LogP contribution >= 0.6 is 0 Å². The van der Waals surface area contributed by atoms with Gasteiger partial charge in [-0.3, -0.25) is 4.98 Å². The predicted octanol–water partition coefficient (Wildman–Crippen LogP) is 3.99. The number of ether oxygens (including phenoxy) is 1. The molecule has 1 heterocycles. The maximum absolute atomic E-state index is 12.4. The van der Waals surface area contributed by atoms with E-state index < -0.39 is 11.7 Å². The van der Waals surface area contributed by atoms with Gasteiger partial charge in [0, 0.05) is 5.69 Å². The summed E-state index contributed by atoms with van der Waals surface area (Å²) in [5, 5.41) is 0. The van der Waals surface area contributed by atoms with Gasteiger partial charge in [-0.15, -0.1) is 0 Å². The number of nitrogens with zero attached hydrogens (tertiary/aromatic N) is 1. The van der Waals surface area contributed by atoms with Gasteiger partial charge in [0.2, 0.25) is 0 Å². The van der Waals surface area contributed by atoms with Gasteiger partial charge in [0.05, 0.1) is 11.8 Å². The molecule has 0 radical (unpaired) electrons. The molecule has 0 fully saturated rings. The molecule has 0 N–H and O–H groups in total. The van der Waals surface area contributed by atoms with E-state index in [-0.39, 0.29) is 6.61 Å². The Morgan fingerprint density at radius 3 is 2.26 bits per heavy atom. The molecular weight excluding hydrogens is 255 g/mol. The fourth-order valence-corrected chi connectivity index (χ4v) is 1.50. The van der Waals surface area contributed by atoms with Crippen LogP contribution in [0.5, 0.6) is 5.75 Å². The molecule has 100 valence electrons. The average Bonchev–Trinajstić information content (AvgIpc) is 2.37. The summed E-state index contributed by atoms with van der Waals surface area (Å²) in [6.45, 7) is 2.07. The number of alkyl halides is 3. The smallest absolute Gasteiger partial charge is 0.416 e. The zero-order valence-corrected chi connectivity index (χ0v) is 10.2. The Balaban J connectivity index is 1.98. The molecule has 0 aliphatic rings. The molecule has 0 saturated carbocycles. The van der Waals surface area contributed by atoms with E-state index in [4.69, 9.17) is 4.74 Å². The van der Waals surface area contributed by atoms with Gasteiger partial charge in [0.15, 0.2) is 0 Å². The van der Waals surface area contributed by atoms with E-state index in [0.29, 0.717) is 11.3 Å². The van der Waals surface area contributed by atoms with E-state index in [9.17, 15) is 13.2 Å². The number of pyridine rings is 1. The molecular formula is C14H12F3NO. The zero-order valence-electron chi connectivity index (χ0n) is 10.2. The van der Waals surface area contributed by atoms with Gasteiger partial charge in [0.25, 0.3) is 0 Å². The van der Waals surface area contributed by atoms with E-state index in [0.717, 1.165) is 17.8 Å². The lowest BCUT2D eigenvalue weighted by atomic mass is 10.1. The standard InChI is InChI=1S/C14H12F3NO/c1-10-2-7-13(8-18-10)19-9-11-3-5-12(6-4-11)14(15,16)17/h2-8H,9H2,1H3. The maximum atomic E-state index is 12.4. The second kappa shape index (κ2) is 5.30. The molecule has 5 heteroatoms. The summed E-state index contributed by atoms with van der Waals surface area (Å²) in [5.74, 6) is 0.588. The summed E-state index contributed by atoms with van der Waals surface area (Å²) in [7, 11) is 0. The summed E-state index contributed by atoms with van der Waals surface area (Å²) in [6.07, 6.45) is -2.72. The summed E-state index contributed by atoms with van der Waals surface area (Å²) < 4.78 is 42.5. The summed E-state index contributed by atoms with van der Waals surface area (Å²) in [6, 6.07) is 8.49. The van der Waals surface area contributed by atoms with Crippen LogP contribution in [0, 0.1) is 6.92 Å². The number of benzene rings is 1. The third-order valence-electron chi connectivity index (χ3n) is 2.57. The van der Waals surface area contributed by atoms with Crippen LogP contribution in [0.2, 0.25) is 0 Å². The first kappa shape index (κ1) is 13.4. The third kappa shape index (κ3) is 3.71. The fraction of sp³-hybridized carbons (Fsp3) is 0.214. The van der Waals surface area contributed by atoms with Gasteiger partial charge in [-0.2, -0.15) is 13.2 Å². The molecule has 1 aromatic carbocycles. The molecule has 2 aromatic rings. The Labute approximate surface area is 108 Å². The van der Waals surface area contributed by atoms with E-state index in [1.165, 1.54) is 12.1 Å². The normalized spacial score (nSPS) is 11.4. The highest BCUT2D eigenvalue weighted by atomic mass is 19.4. The van der Waals surface area contributed by atoms with Crippen molar-refractivity contribution in [3.63, 3.8) is 0 Å². The van der Waals surface area contributed by atoms with Crippen molar-refractivity contribution in [3.8, 4) is 5.75 Å². The molecule has 0 atom stereocenters. The molecule has 0 saturated heterocycles. The number of hydrogen-bond donors (Lipinski definition) is 0. The Morgan fingerprint density at radius 1 is 1.05 bits per heavy atom. The van der Waals surface area contributed by atoms with Crippen LogP contribution in [-0.2, 0) is 12.8 Å². The molecule has 19 heavy (non-hydrogen) atoms. The molecule has 0 amide bonds. The SMILES string of the molecule is Cc1ccc(OCc2ccc(C(F)(F)F)cc2)cn1. The molecule has 2 nitrogen and oxygen atoms in total. The van der Waals surface area contributed by atoms with Gasteiger partial charge >= 0.3 is 6.18 Å². The Kier molecular flexibility index (Phi) is 3.74. The molecule has 0 bridgehead atoms. The summed E-state index contributed by atoms with van der Waals surface area (Å²) in [5.41, 5.74) is 0.892. The Morgan fingerprint density at radius 2 is 1.74 bits per heavy atom. The lowest BCUT2D eigenvalue weighted by Gasteiger charge is -2.09. The minimum absolute atomic E-state index is 0.211. The first-order chi connectivity index (χ1) is 8.95. The van der Waals surface area contributed by atoms with Crippen molar-refractivity contribution in [1.29, 1.82) is 0 Å². The van der Waals surface area contributed by atoms with Crippen molar-refractivity contribution < 1.29 is 17.9 Å². The summed E-state index contributed by atoms with van der Waals surface area (Å²) >= 11 is 0. The van der Waals surface area contributed by atoms with Crippen molar-refractivity contribution in [2.24, 2.45) is 0 Å². The number of hydrogen-bond acceptors (Lipinski definition) is 2. The van der Waals surface area contributed by atoms with Crippen molar-refractivity contribution in [2.45, 2.75) is 19.7 Å². The Hall–Kier alpha value is -2.04. The molecule has 2 rings (SSSR count). The second-order valence-electron chi connectivity index (χ2n) is 4.12. The van der Waals surface area contributed by atoms with Crippen LogP contribution < -0.4 is 4.74 Å². The first-order valence-electron chi connectivity index (χ1n) is 5.67. The van der Waals surface area contributed by atoms with Crippen molar-refractivity contribution in [1.82, 2.24) is 4.98 Å². The van der Waals surface area contributed by atoms with Gasteiger partial charge in [-0.25, -0.2) is 0 Å². The van der Waals surface area contributed by atoms with E-state index in [1.54, 1.807) is 12.3 Å². The van der Waals surface area contributed by atoms with Gasteiger partial charge in [-0.1, -0.05) is 12.1 Å². The summed E-state index contributed by atoms with van der Waals surface area (Å²) in [4.78, 5) is 4.06. The van der Waals surface area contributed by atoms with Gasteiger partial charge in [-0.05, 0) is 36.8 Å². The quantitative estimate of drug-likeness (QED) is 0.839. The van der Waals surface area contributed by atoms with E-state index in [1.807, 2.05) is 13.0 Å². The highest BCUT2D eigenvalue weighted by Crippen LogP contribution is 2.29. The van der Waals surface area contributed by atoms with Crippen LogP contribution in [-0.4, -0.2) is 4.98 Å². The largest absolute Gasteiger partial charge is 0.487 e. The highest BCUT2D eigenvalue weighted by molar-refractivity contribution is 5.25. The topological polar surface area (TPSA) is 22.1 Å². The number of rotatable bonds is 3. The average molecular weight is 267 g/mol. The lowest BCUT2D eigenvalue weighted by molar-refractivity contribution is -0.137. The number of aromatic nitrogens is 1. The Bertz CT molecular complexity index is 532. The van der Waals surface area contributed by atoms with Gasteiger partial charge in [0.1, 0.15) is 12.4 Å². The first-order valence-corrected chi connectivity index (χ1v) is 5.67. The lowest BCUT2D eigenvalue weighted by Crippen LogP contribution is -2.05. The van der Waals surface area contributed by atoms with Crippen LogP contribution in [0.15, 0.2) is 42.6 Å². The monoisotopic (exact) mass is 267 g/mol.